The van der Waals surface area contributed by atoms with Crippen molar-refractivity contribution in [3.63, 3.8) is 0 Å². The first-order valence-electron chi connectivity index (χ1n) is 23.7. The smallest absolute Gasteiger partial charge is 0.410 e. The Labute approximate surface area is 394 Å². The van der Waals surface area contributed by atoms with E-state index < -0.39 is 11.1 Å². The molecule has 2 aromatic carbocycles. The molecule has 0 bridgehead atoms. The summed E-state index contributed by atoms with van der Waals surface area (Å²) in [6, 6.07) is 16.7. The van der Waals surface area contributed by atoms with Crippen LogP contribution in [0, 0.1) is 0 Å². The number of nitrogens with zero attached hydrogens (tertiary/aromatic N) is 4. The molecule has 67 heavy (non-hydrogen) atoms. The molecule has 17 nitrogen and oxygen atoms in total. The Bertz CT molecular complexity index is 2140. The molecule has 0 aliphatic carbocycles. The molecule has 364 valence electrons. The van der Waals surface area contributed by atoms with Crippen molar-refractivity contribution in [3.05, 3.63) is 83.9 Å². The first kappa shape index (κ1) is 50.6. The van der Waals surface area contributed by atoms with Gasteiger partial charge in [-0.1, -0.05) is 18.9 Å². The van der Waals surface area contributed by atoms with Crippen LogP contribution in [0.15, 0.2) is 67.0 Å². The number of ether oxygens (including phenoxy) is 7. The highest BCUT2D eigenvalue weighted by atomic mass is 16.6. The van der Waals surface area contributed by atoms with Crippen LogP contribution >= 0.6 is 0 Å². The van der Waals surface area contributed by atoms with E-state index in [-0.39, 0.29) is 24.0 Å². The summed E-state index contributed by atoms with van der Waals surface area (Å²) in [5.41, 5.74) is 1.62. The van der Waals surface area contributed by atoms with Crippen LogP contribution in [0.5, 0.6) is 11.5 Å². The quantitative estimate of drug-likeness (QED) is 0.0403. The van der Waals surface area contributed by atoms with E-state index >= 15 is 0 Å². The van der Waals surface area contributed by atoms with Gasteiger partial charge in [-0.3, -0.25) is 19.7 Å². The van der Waals surface area contributed by atoms with E-state index in [1.165, 1.54) is 7.11 Å². The molecule has 4 heterocycles. The summed E-state index contributed by atoms with van der Waals surface area (Å²) in [7, 11) is 1.41. The van der Waals surface area contributed by atoms with Crippen molar-refractivity contribution in [3.8, 4) is 22.9 Å². The van der Waals surface area contributed by atoms with Gasteiger partial charge in [-0.2, -0.15) is 5.10 Å². The van der Waals surface area contributed by atoms with Crippen LogP contribution < -0.4 is 20.1 Å². The number of carbonyl (C=O) groups excluding carboxylic acids is 3. The number of unbranched alkanes of at least 4 members (excludes halogenated alkanes) is 5. The number of anilines is 1. The normalized spacial score (nSPS) is 15.5. The number of esters is 1. The van der Waals surface area contributed by atoms with Gasteiger partial charge in [0.15, 0.2) is 11.6 Å². The lowest BCUT2D eigenvalue weighted by atomic mass is 9.86. The standard InChI is InChI=1S/C50H69N7O10/c1-49(2,3)67-48(60)57-25-21-50(22-26-57,47-53-45(55-56-47)37-18-23-51-24-19-37)54-39-14-12-13-38(35-39)46(59)52-42-20-30-66-43-17-16-40(36-41(42)43)65-29-11-6-5-9-27-62-31-33-64-34-32-63-28-10-7-8-15-44(58)61-4/h12-14,16-19,23-24,35-36,42,54H,5-11,15,20-22,25-34H2,1-4H3,(H,52,59)(H,53,55,56)/t42-/m1/s1. The molecule has 0 radical (unpaired) electrons. The van der Waals surface area contributed by atoms with Gasteiger partial charge >= 0.3 is 12.1 Å². The second-order valence-electron chi connectivity index (χ2n) is 17.8. The average molecular weight is 928 g/mol. The molecule has 2 aliphatic rings. The molecule has 2 aromatic heterocycles. The van der Waals surface area contributed by atoms with Crippen molar-refractivity contribution >= 4 is 23.7 Å². The maximum atomic E-state index is 13.9. The fraction of sp³-hybridized carbons (Fsp3) is 0.560. The number of rotatable bonds is 26. The van der Waals surface area contributed by atoms with Gasteiger partial charge < -0.3 is 48.7 Å². The molecule has 1 fully saturated rings. The van der Waals surface area contributed by atoms with Crippen molar-refractivity contribution in [2.24, 2.45) is 0 Å². The van der Waals surface area contributed by atoms with E-state index in [4.69, 9.17) is 33.4 Å². The maximum Gasteiger partial charge on any atom is 0.410 e. The zero-order valence-electron chi connectivity index (χ0n) is 39.6. The molecule has 3 N–H and O–H groups in total. The molecular formula is C50H69N7O10. The van der Waals surface area contributed by atoms with Crippen LogP contribution in [0.1, 0.15) is 119 Å². The van der Waals surface area contributed by atoms with Crippen molar-refractivity contribution < 1.29 is 47.5 Å². The van der Waals surface area contributed by atoms with E-state index in [1.54, 1.807) is 23.4 Å². The number of hydrogen-bond donors (Lipinski definition) is 3. The first-order valence-corrected chi connectivity index (χ1v) is 23.7. The zero-order valence-corrected chi connectivity index (χ0v) is 39.6. The van der Waals surface area contributed by atoms with Gasteiger partial charge in [0.05, 0.1) is 52.8 Å². The van der Waals surface area contributed by atoms with Crippen molar-refractivity contribution in [1.82, 2.24) is 30.4 Å². The maximum absolute atomic E-state index is 13.9. The van der Waals surface area contributed by atoms with Crippen molar-refractivity contribution in [1.29, 1.82) is 0 Å². The van der Waals surface area contributed by atoms with Gasteiger partial charge in [0.2, 0.25) is 0 Å². The zero-order chi connectivity index (χ0) is 47.3. The Morgan fingerprint density at radius 2 is 1.52 bits per heavy atom. The molecule has 6 rings (SSSR count). The molecule has 0 saturated carbocycles. The van der Waals surface area contributed by atoms with Gasteiger partial charge in [-0.25, -0.2) is 9.78 Å². The molecule has 2 aliphatic heterocycles. The summed E-state index contributed by atoms with van der Waals surface area (Å²) in [5, 5.41) is 14.7. The monoisotopic (exact) mass is 928 g/mol. The molecule has 4 aromatic rings. The van der Waals surface area contributed by atoms with Crippen LogP contribution in [0.4, 0.5) is 10.5 Å². The Hall–Kier alpha value is -5.78. The Morgan fingerprint density at radius 1 is 0.836 bits per heavy atom. The SMILES string of the molecule is COC(=O)CCCCCOCCOCCOCCCCCCOc1ccc2c(c1)[C@H](NC(=O)c1cccc(NC3(c4nc(-c5ccncc5)n[nH]4)CCN(C(=O)OC(C)(C)C)CC3)c1)CCO2. The lowest BCUT2D eigenvalue weighted by Crippen LogP contribution is -2.50. The summed E-state index contributed by atoms with van der Waals surface area (Å²) in [6.07, 6.45) is 11.8. The summed E-state index contributed by atoms with van der Waals surface area (Å²) >= 11 is 0. The minimum absolute atomic E-state index is 0.166. The lowest BCUT2D eigenvalue weighted by Gasteiger charge is -2.41. The third-order valence-corrected chi connectivity index (χ3v) is 11.6. The van der Waals surface area contributed by atoms with Gasteiger partial charge in [-0.05, 0) is 114 Å². The van der Waals surface area contributed by atoms with Gasteiger partial charge in [0.25, 0.3) is 5.91 Å². The number of amides is 2. The molecule has 0 unspecified atom stereocenters. The number of pyridine rings is 1. The molecule has 1 atom stereocenters. The van der Waals surface area contributed by atoms with Crippen LogP contribution in [0.2, 0.25) is 0 Å². The van der Waals surface area contributed by atoms with Crippen LogP contribution in [-0.4, -0.2) is 122 Å². The van der Waals surface area contributed by atoms with E-state index in [9.17, 15) is 14.4 Å². The second kappa shape index (κ2) is 25.9. The molecule has 2 amide bonds. The third kappa shape index (κ3) is 16.2. The number of piperidine rings is 1. The number of carbonyl (C=O) groups is 3. The number of likely N-dealkylation sites (tertiary alicyclic amines) is 1. The lowest BCUT2D eigenvalue weighted by molar-refractivity contribution is -0.140. The number of fused-ring (bicyclic) bond motifs is 1. The van der Waals surface area contributed by atoms with Crippen LogP contribution in [0.3, 0.4) is 0 Å². The van der Waals surface area contributed by atoms with Crippen LogP contribution in [-0.2, 0) is 34.0 Å². The predicted octanol–water partition coefficient (Wildman–Crippen LogP) is 8.18. The first-order chi connectivity index (χ1) is 32.5. The number of aromatic nitrogens is 4. The fourth-order valence-electron chi connectivity index (χ4n) is 7.94. The minimum Gasteiger partial charge on any atom is -0.494 e. The summed E-state index contributed by atoms with van der Waals surface area (Å²) < 4.78 is 39.3. The number of benzene rings is 2. The van der Waals surface area contributed by atoms with E-state index in [0.29, 0.717) is 109 Å². The Kier molecular flexibility index (Phi) is 19.6. The Morgan fingerprint density at radius 3 is 2.22 bits per heavy atom. The number of aromatic amines is 1. The van der Waals surface area contributed by atoms with Gasteiger partial charge in [0.1, 0.15) is 22.6 Å². The van der Waals surface area contributed by atoms with Crippen LogP contribution in [0.25, 0.3) is 11.4 Å². The summed E-state index contributed by atoms with van der Waals surface area (Å²) in [6.45, 7) is 11.0. The molecule has 17 heteroatoms. The molecular weight excluding hydrogens is 859 g/mol. The predicted molar refractivity (Wildman–Crippen MR) is 252 cm³/mol. The largest absolute Gasteiger partial charge is 0.494 e. The molecule has 1 saturated heterocycles. The van der Waals surface area contributed by atoms with Crippen molar-refractivity contribution in [2.75, 3.05) is 78.4 Å². The van der Waals surface area contributed by atoms with Gasteiger partial charge in [-0.15, -0.1) is 0 Å². The van der Waals surface area contributed by atoms with E-state index in [1.807, 2.05) is 69.3 Å². The third-order valence-electron chi connectivity index (χ3n) is 11.6. The van der Waals surface area contributed by atoms with E-state index in [0.717, 1.165) is 73.3 Å². The second-order valence-corrected chi connectivity index (χ2v) is 17.8. The highest BCUT2D eigenvalue weighted by Gasteiger charge is 2.41. The summed E-state index contributed by atoms with van der Waals surface area (Å²) in [5.74, 6) is 2.27. The number of nitrogens with one attached hydrogen (secondary N) is 3. The highest BCUT2D eigenvalue weighted by molar-refractivity contribution is 5.95. The van der Waals surface area contributed by atoms with E-state index in [2.05, 4.69) is 30.6 Å². The number of hydrogen-bond acceptors (Lipinski definition) is 14. The number of methoxy groups -OCH3 is 1. The highest BCUT2D eigenvalue weighted by Crippen LogP contribution is 2.38. The summed E-state index contributed by atoms with van der Waals surface area (Å²) in [4.78, 5) is 48.8. The minimum atomic E-state index is -0.722. The topological polar surface area (TPSA) is 198 Å². The van der Waals surface area contributed by atoms with Gasteiger partial charge in [0, 0.05) is 73.9 Å². The average Bonchev–Trinajstić information content (AvgIpc) is 3.84. The molecule has 0 spiro atoms. The fourth-order valence-corrected chi connectivity index (χ4v) is 7.94. The number of H-pyrrole nitrogens is 1. The Balaban J connectivity index is 0.932. The van der Waals surface area contributed by atoms with Crippen molar-refractivity contribution in [2.45, 2.75) is 109 Å².